The highest BCUT2D eigenvalue weighted by molar-refractivity contribution is 5.84. The summed E-state index contributed by atoms with van der Waals surface area (Å²) in [6, 6.07) is -0.983. The van der Waals surface area contributed by atoms with Crippen LogP contribution in [-0.4, -0.2) is 34.7 Å². The summed E-state index contributed by atoms with van der Waals surface area (Å²) in [5, 5.41) is 2.61. The molecule has 6 heteroatoms. The van der Waals surface area contributed by atoms with Crippen molar-refractivity contribution in [3.8, 4) is 0 Å². The molecule has 0 aromatic carbocycles. The first-order valence-corrected chi connectivity index (χ1v) is 5.55. The number of aromatic nitrogens is 2. The van der Waals surface area contributed by atoms with Crippen LogP contribution in [0.2, 0.25) is 0 Å². The standard InChI is InChI=1S/C11H17N3O3/c1-3-4-5-9(10(15)17-2)13-11(16)14-7-6-12-8-14/h6-9H,3-5H2,1-2H3,(H,13,16). The Hall–Kier alpha value is -1.85. The van der Waals surface area contributed by atoms with Crippen molar-refractivity contribution in [2.45, 2.75) is 32.2 Å². The van der Waals surface area contributed by atoms with Crippen molar-refractivity contribution < 1.29 is 14.3 Å². The van der Waals surface area contributed by atoms with Crippen molar-refractivity contribution in [2.24, 2.45) is 0 Å². The molecule has 0 fully saturated rings. The van der Waals surface area contributed by atoms with Gasteiger partial charge < -0.3 is 10.1 Å². The Labute approximate surface area is 100.0 Å². The maximum Gasteiger partial charge on any atom is 0.328 e. The van der Waals surface area contributed by atoms with E-state index in [-0.39, 0.29) is 6.03 Å². The predicted octanol–water partition coefficient (Wildman–Crippen LogP) is 1.17. The number of nitrogens with zero attached hydrogens (tertiary/aromatic N) is 2. The topological polar surface area (TPSA) is 73.2 Å². The van der Waals surface area contributed by atoms with Crippen LogP contribution >= 0.6 is 0 Å². The number of hydrogen-bond donors (Lipinski definition) is 1. The molecule has 1 heterocycles. The molecule has 6 nitrogen and oxygen atoms in total. The van der Waals surface area contributed by atoms with E-state index in [1.54, 1.807) is 0 Å². The molecule has 0 bridgehead atoms. The van der Waals surface area contributed by atoms with Crippen LogP contribution in [0.1, 0.15) is 26.2 Å². The molecule has 94 valence electrons. The van der Waals surface area contributed by atoms with Gasteiger partial charge in [-0.25, -0.2) is 14.6 Å². The highest BCUT2D eigenvalue weighted by Crippen LogP contribution is 2.03. The number of nitrogens with one attached hydrogen (secondary N) is 1. The minimum Gasteiger partial charge on any atom is -0.467 e. The highest BCUT2D eigenvalue weighted by Gasteiger charge is 2.21. The smallest absolute Gasteiger partial charge is 0.328 e. The fourth-order valence-corrected chi connectivity index (χ4v) is 1.40. The van der Waals surface area contributed by atoms with Gasteiger partial charge in [0.15, 0.2) is 0 Å². The summed E-state index contributed by atoms with van der Waals surface area (Å²) in [5.74, 6) is -0.424. The first-order chi connectivity index (χ1) is 8.19. The van der Waals surface area contributed by atoms with Gasteiger partial charge in [-0.05, 0) is 6.42 Å². The van der Waals surface area contributed by atoms with Gasteiger partial charge in [-0.2, -0.15) is 0 Å². The van der Waals surface area contributed by atoms with Crippen LogP contribution in [0.5, 0.6) is 0 Å². The van der Waals surface area contributed by atoms with E-state index in [1.807, 2.05) is 6.92 Å². The summed E-state index contributed by atoms with van der Waals surface area (Å²) in [6.07, 6.45) is 6.77. The Bertz CT molecular complexity index is 362. The van der Waals surface area contributed by atoms with Gasteiger partial charge in [-0.3, -0.25) is 4.57 Å². The molecule has 0 saturated heterocycles. The van der Waals surface area contributed by atoms with Gasteiger partial charge in [-0.15, -0.1) is 0 Å². The molecule has 0 spiro atoms. The number of hydrogen-bond acceptors (Lipinski definition) is 4. The lowest BCUT2D eigenvalue weighted by Gasteiger charge is -2.15. The molecule has 1 aromatic heterocycles. The van der Waals surface area contributed by atoms with E-state index in [2.05, 4.69) is 15.0 Å². The van der Waals surface area contributed by atoms with Crippen molar-refractivity contribution in [2.75, 3.05) is 7.11 Å². The number of imidazole rings is 1. The lowest BCUT2D eigenvalue weighted by atomic mass is 10.1. The molecule has 1 amide bonds. The molecule has 17 heavy (non-hydrogen) atoms. The molecule has 0 saturated carbocycles. The Morgan fingerprint density at radius 2 is 2.29 bits per heavy atom. The number of amides is 1. The number of ether oxygens (including phenoxy) is 1. The predicted molar refractivity (Wildman–Crippen MR) is 61.5 cm³/mol. The van der Waals surface area contributed by atoms with Crippen molar-refractivity contribution >= 4 is 12.0 Å². The Morgan fingerprint density at radius 3 is 2.82 bits per heavy atom. The minimum atomic E-state index is -0.602. The third kappa shape index (κ3) is 3.90. The van der Waals surface area contributed by atoms with Gasteiger partial charge in [0.05, 0.1) is 7.11 Å². The number of esters is 1. The van der Waals surface area contributed by atoms with E-state index >= 15 is 0 Å². The van der Waals surface area contributed by atoms with E-state index in [9.17, 15) is 9.59 Å². The largest absolute Gasteiger partial charge is 0.467 e. The first-order valence-electron chi connectivity index (χ1n) is 5.55. The van der Waals surface area contributed by atoms with E-state index in [0.29, 0.717) is 6.42 Å². The molecule has 1 aromatic rings. The van der Waals surface area contributed by atoms with E-state index in [1.165, 1.54) is 30.4 Å². The second-order valence-corrected chi connectivity index (χ2v) is 3.64. The Balaban J connectivity index is 2.59. The third-order valence-corrected chi connectivity index (χ3v) is 2.37. The van der Waals surface area contributed by atoms with Crippen LogP contribution in [0.4, 0.5) is 4.79 Å². The molecule has 1 N–H and O–H groups in total. The number of carbonyl (C=O) groups is 2. The minimum absolute atomic E-state index is 0.381. The SMILES string of the molecule is CCCCC(NC(=O)n1ccnc1)C(=O)OC. The lowest BCUT2D eigenvalue weighted by Crippen LogP contribution is -2.43. The van der Waals surface area contributed by atoms with Gasteiger partial charge in [0, 0.05) is 12.4 Å². The average Bonchev–Trinajstić information content (AvgIpc) is 2.87. The average molecular weight is 239 g/mol. The molecule has 0 aliphatic heterocycles. The van der Waals surface area contributed by atoms with Gasteiger partial charge in [0.1, 0.15) is 12.4 Å². The summed E-state index contributed by atoms with van der Waals surface area (Å²) in [6.45, 7) is 2.02. The summed E-state index contributed by atoms with van der Waals surface area (Å²) in [7, 11) is 1.31. The molecule has 1 atom stereocenters. The van der Waals surface area contributed by atoms with Crippen molar-refractivity contribution in [1.82, 2.24) is 14.9 Å². The maximum absolute atomic E-state index is 11.7. The van der Waals surface area contributed by atoms with Crippen LogP contribution in [0.25, 0.3) is 0 Å². The molecular formula is C11H17N3O3. The zero-order chi connectivity index (χ0) is 12.7. The van der Waals surface area contributed by atoms with Crippen LogP contribution < -0.4 is 5.32 Å². The lowest BCUT2D eigenvalue weighted by molar-refractivity contribution is -0.143. The van der Waals surface area contributed by atoms with E-state index in [0.717, 1.165) is 12.8 Å². The van der Waals surface area contributed by atoms with Gasteiger partial charge in [0.2, 0.25) is 0 Å². The second-order valence-electron chi connectivity index (χ2n) is 3.64. The van der Waals surface area contributed by atoms with Crippen LogP contribution in [-0.2, 0) is 9.53 Å². The van der Waals surface area contributed by atoms with Gasteiger partial charge >= 0.3 is 12.0 Å². The molecule has 1 unspecified atom stereocenters. The highest BCUT2D eigenvalue weighted by atomic mass is 16.5. The van der Waals surface area contributed by atoms with Crippen molar-refractivity contribution in [3.05, 3.63) is 18.7 Å². The summed E-state index contributed by atoms with van der Waals surface area (Å²) < 4.78 is 5.93. The van der Waals surface area contributed by atoms with Crippen molar-refractivity contribution in [3.63, 3.8) is 0 Å². The third-order valence-electron chi connectivity index (χ3n) is 2.37. The molecule has 0 aliphatic rings. The van der Waals surface area contributed by atoms with Gasteiger partial charge in [0.25, 0.3) is 0 Å². The first kappa shape index (κ1) is 13.2. The number of carbonyl (C=O) groups excluding carboxylic acids is 2. The van der Waals surface area contributed by atoms with Crippen molar-refractivity contribution in [1.29, 1.82) is 0 Å². The number of methoxy groups -OCH3 is 1. The normalized spacial score (nSPS) is 11.9. The summed E-state index contributed by atoms with van der Waals surface area (Å²) >= 11 is 0. The van der Waals surface area contributed by atoms with Crippen LogP contribution in [0, 0.1) is 0 Å². The van der Waals surface area contributed by atoms with Crippen LogP contribution in [0.3, 0.4) is 0 Å². The molecule has 1 rings (SSSR count). The zero-order valence-electron chi connectivity index (χ0n) is 10.0. The number of rotatable bonds is 5. The fraction of sp³-hybridized carbons (Fsp3) is 0.545. The summed E-state index contributed by atoms with van der Waals surface area (Å²) in [4.78, 5) is 26.9. The Kier molecular flexibility index (Phi) is 5.19. The fourth-order valence-electron chi connectivity index (χ4n) is 1.40. The van der Waals surface area contributed by atoms with E-state index < -0.39 is 12.0 Å². The molecular weight excluding hydrogens is 222 g/mol. The molecule has 0 radical (unpaired) electrons. The molecule has 0 aliphatic carbocycles. The zero-order valence-corrected chi connectivity index (χ0v) is 10.0. The second kappa shape index (κ2) is 6.67. The monoisotopic (exact) mass is 239 g/mol. The van der Waals surface area contributed by atoms with Crippen LogP contribution in [0.15, 0.2) is 18.7 Å². The number of unbranched alkanes of at least 4 members (excludes halogenated alkanes) is 1. The van der Waals surface area contributed by atoms with E-state index in [4.69, 9.17) is 0 Å². The van der Waals surface area contributed by atoms with Gasteiger partial charge in [-0.1, -0.05) is 19.8 Å². The quantitative estimate of drug-likeness (QED) is 0.783. The Morgan fingerprint density at radius 1 is 1.53 bits per heavy atom. The summed E-state index contributed by atoms with van der Waals surface area (Å²) in [5.41, 5.74) is 0. The maximum atomic E-state index is 11.7.